The predicted molar refractivity (Wildman–Crippen MR) is 79.7 cm³/mol. The first kappa shape index (κ1) is 18.7. The molecule has 1 fully saturated rings. The summed E-state index contributed by atoms with van der Waals surface area (Å²) >= 11 is 0. The Hall–Kier alpha value is -1.67. The molecule has 134 valence electrons. The Morgan fingerprint density at radius 2 is 2.00 bits per heavy atom. The maximum atomic E-state index is 12.9. The van der Waals surface area contributed by atoms with Crippen molar-refractivity contribution in [2.45, 2.75) is 31.7 Å². The van der Waals surface area contributed by atoms with Gasteiger partial charge in [-0.05, 0) is 30.5 Å². The average molecular weight is 348 g/mol. The molecule has 1 saturated heterocycles. The molecule has 1 aliphatic heterocycles. The van der Waals surface area contributed by atoms with Crippen LogP contribution in [0.25, 0.3) is 0 Å². The van der Waals surface area contributed by atoms with Crippen molar-refractivity contribution in [3.63, 3.8) is 0 Å². The summed E-state index contributed by atoms with van der Waals surface area (Å²) < 4.78 is 56.3. The standard InChI is InChI=1S/C16H20F4N2O2/c17-13-5-3-12(4-6-13)9-22(11-16(18,19)20)10-15(23)21-8-14-2-1-7-24-14/h3-6,14H,1-2,7-11H2,(H,21,23). The molecule has 0 spiro atoms. The molecule has 1 heterocycles. The van der Waals surface area contributed by atoms with Gasteiger partial charge in [-0.15, -0.1) is 0 Å². The fraction of sp³-hybridized carbons (Fsp3) is 0.562. The predicted octanol–water partition coefficient (Wildman–Crippen LogP) is 2.49. The van der Waals surface area contributed by atoms with Gasteiger partial charge in [-0.3, -0.25) is 9.69 Å². The number of rotatable bonds is 7. The smallest absolute Gasteiger partial charge is 0.376 e. The second kappa shape index (κ2) is 8.43. The molecular weight excluding hydrogens is 328 g/mol. The number of hydrogen-bond donors (Lipinski definition) is 1. The molecule has 0 bridgehead atoms. The van der Waals surface area contributed by atoms with Crippen molar-refractivity contribution in [2.24, 2.45) is 0 Å². The summed E-state index contributed by atoms with van der Waals surface area (Å²) in [6.45, 7) is -0.741. The minimum absolute atomic E-state index is 0.0675. The number of carbonyl (C=O) groups excluding carboxylic acids is 1. The van der Waals surface area contributed by atoms with Crippen LogP contribution in [0.15, 0.2) is 24.3 Å². The molecule has 1 atom stereocenters. The Morgan fingerprint density at radius 1 is 1.29 bits per heavy atom. The van der Waals surface area contributed by atoms with Crippen LogP contribution < -0.4 is 5.32 Å². The van der Waals surface area contributed by atoms with E-state index >= 15 is 0 Å². The minimum Gasteiger partial charge on any atom is -0.376 e. The first-order valence-corrected chi connectivity index (χ1v) is 7.74. The summed E-state index contributed by atoms with van der Waals surface area (Å²) in [5, 5.41) is 2.60. The zero-order chi connectivity index (χ0) is 17.6. The molecule has 1 aromatic carbocycles. The number of ether oxygens (including phenoxy) is 1. The van der Waals surface area contributed by atoms with Crippen molar-refractivity contribution in [3.05, 3.63) is 35.6 Å². The molecule has 4 nitrogen and oxygen atoms in total. The van der Waals surface area contributed by atoms with Crippen LogP contribution in [0.4, 0.5) is 17.6 Å². The Kier molecular flexibility index (Phi) is 6.56. The third-order valence-corrected chi connectivity index (χ3v) is 3.64. The zero-order valence-electron chi connectivity index (χ0n) is 13.1. The summed E-state index contributed by atoms with van der Waals surface area (Å²) in [6, 6.07) is 5.17. The Morgan fingerprint density at radius 3 is 2.58 bits per heavy atom. The molecule has 1 amide bonds. The van der Waals surface area contributed by atoms with E-state index in [1.165, 1.54) is 24.3 Å². The molecule has 1 N–H and O–H groups in total. The quantitative estimate of drug-likeness (QED) is 0.770. The van der Waals surface area contributed by atoms with Gasteiger partial charge in [0.15, 0.2) is 0 Å². The van der Waals surface area contributed by atoms with Crippen LogP contribution in [-0.2, 0) is 16.1 Å². The molecule has 0 radical (unpaired) electrons. The van der Waals surface area contributed by atoms with Gasteiger partial charge in [0.1, 0.15) is 5.82 Å². The summed E-state index contributed by atoms with van der Waals surface area (Å²) in [5.41, 5.74) is 0.507. The number of nitrogens with one attached hydrogen (secondary N) is 1. The summed E-state index contributed by atoms with van der Waals surface area (Å²) in [4.78, 5) is 12.9. The zero-order valence-corrected chi connectivity index (χ0v) is 13.1. The molecule has 8 heteroatoms. The molecule has 0 aromatic heterocycles. The molecule has 24 heavy (non-hydrogen) atoms. The van der Waals surface area contributed by atoms with E-state index in [1.54, 1.807) is 0 Å². The first-order valence-electron chi connectivity index (χ1n) is 7.74. The number of halogens is 4. The molecule has 1 unspecified atom stereocenters. The minimum atomic E-state index is -4.42. The van der Waals surface area contributed by atoms with Crippen LogP contribution in [0, 0.1) is 5.82 Å². The SMILES string of the molecule is O=C(CN(Cc1ccc(F)cc1)CC(F)(F)F)NCC1CCCO1. The van der Waals surface area contributed by atoms with Crippen molar-refractivity contribution in [1.82, 2.24) is 10.2 Å². The molecule has 1 aliphatic rings. The van der Waals surface area contributed by atoms with Gasteiger partial charge in [-0.2, -0.15) is 13.2 Å². The van der Waals surface area contributed by atoms with Crippen molar-refractivity contribution in [2.75, 3.05) is 26.2 Å². The first-order chi connectivity index (χ1) is 11.3. The lowest BCUT2D eigenvalue weighted by atomic mass is 10.2. The molecule has 0 saturated carbocycles. The van der Waals surface area contributed by atoms with Crippen LogP contribution in [0.5, 0.6) is 0 Å². The van der Waals surface area contributed by atoms with Gasteiger partial charge in [0.2, 0.25) is 5.91 Å². The van der Waals surface area contributed by atoms with Gasteiger partial charge in [0, 0.05) is 19.7 Å². The molecule has 1 aromatic rings. The maximum Gasteiger partial charge on any atom is 0.401 e. The number of alkyl halides is 3. The van der Waals surface area contributed by atoms with Gasteiger partial charge >= 0.3 is 6.18 Å². The van der Waals surface area contributed by atoms with Crippen molar-refractivity contribution >= 4 is 5.91 Å². The second-order valence-electron chi connectivity index (χ2n) is 5.83. The van der Waals surface area contributed by atoms with Crippen molar-refractivity contribution in [3.8, 4) is 0 Å². The molecule has 0 aliphatic carbocycles. The lowest BCUT2D eigenvalue weighted by molar-refractivity contribution is -0.150. The van der Waals surface area contributed by atoms with Gasteiger partial charge in [0.25, 0.3) is 0 Å². The monoisotopic (exact) mass is 348 g/mol. The summed E-state index contributed by atoms with van der Waals surface area (Å²) in [6.07, 6.45) is -2.73. The molecular formula is C16H20F4N2O2. The van der Waals surface area contributed by atoms with E-state index in [0.29, 0.717) is 18.7 Å². The van der Waals surface area contributed by atoms with Crippen molar-refractivity contribution in [1.29, 1.82) is 0 Å². The fourth-order valence-corrected chi connectivity index (χ4v) is 2.56. The number of benzene rings is 1. The van der Waals surface area contributed by atoms with Crippen LogP contribution in [-0.4, -0.2) is 49.3 Å². The highest BCUT2D eigenvalue weighted by molar-refractivity contribution is 5.78. The van der Waals surface area contributed by atoms with Crippen LogP contribution >= 0.6 is 0 Å². The van der Waals surface area contributed by atoms with E-state index in [4.69, 9.17) is 4.74 Å². The van der Waals surface area contributed by atoms with Gasteiger partial charge in [0.05, 0.1) is 19.2 Å². The number of hydrogen-bond acceptors (Lipinski definition) is 3. The number of nitrogens with zero attached hydrogens (tertiary/aromatic N) is 1. The summed E-state index contributed by atoms with van der Waals surface area (Å²) in [5.74, 6) is -0.952. The van der Waals surface area contributed by atoms with Crippen LogP contribution in [0.1, 0.15) is 18.4 Å². The van der Waals surface area contributed by atoms with Crippen LogP contribution in [0.3, 0.4) is 0 Å². The lowest BCUT2D eigenvalue weighted by Gasteiger charge is -2.23. The van der Waals surface area contributed by atoms with E-state index in [1.807, 2.05) is 0 Å². The number of carbonyl (C=O) groups is 1. The Bertz CT molecular complexity index is 528. The highest BCUT2D eigenvalue weighted by Crippen LogP contribution is 2.18. The van der Waals surface area contributed by atoms with Gasteiger partial charge in [-0.1, -0.05) is 12.1 Å². The third-order valence-electron chi connectivity index (χ3n) is 3.64. The Labute approximate surface area is 137 Å². The largest absolute Gasteiger partial charge is 0.401 e. The van der Waals surface area contributed by atoms with Gasteiger partial charge in [-0.25, -0.2) is 4.39 Å². The summed E-state index contributed by atoms with van der Waals surface area (Å²) in [7, 11) is 0. The third kappa shape index (κ3) is 6.84. The molecule has 2 rings (SSSR count). The lowest BCUT2D eigenvalue weighted by Crippen LogP contribution is -2.43. The highest BCUT2D eigenvalue weighted by atomic mass is 19.4. The van der Waals surface area contributed by atoms with E-state index < -0.39 is 24.4 Å². The van der Waals surface area contributed by atoms with E-state index in [2.05, 4.69) is 5.32 Å². The van der Waals surface area contributed by atoms with Gasteiger partial charge < -0.3 is 10.1 Å². The van der Waals surface area contributed by atoms with E-state index in [9.17, 15) is 22.4 Å². The van der Waals surface area contributed by atoms with Crippen LogP contribution in [0.2, 0.25) is 0 Å². The van der Waals surface area contributed by atoms with Crippen molar-refractivity contribution < 1.29 is 27.1 Å². The fourth-order valence-electron chi connectivity index (χ4n) is 2.56. The normalized spacial score (nSPS) is 18.1. The topological polar surface area (TPSA) is 41.6 Å². The highest BCUT2D eigenvalue weighted by Gasteiger charge is 2.31. The van der Waals surface area contributed by atoms with E-state index in [0.717, 1.165) is 17.7 Å². The number of amides is 1. The van der Waals surface area contributed by atoms with E-state index in [-0.39, 0.29) is 19.2 Å². The maximum absolute atomic E-state index is 12.9. The Balaban J connectivity index is 1.89. The average Bonchev–Trinajstić information content (AvgIpc) is 2.99. The second-order valence-corrected chi connectivity index (χ2v) is 5.83.